The Labute approximate surface area is 133 Å². The molecule has 1 atom stereocenters. The average Bonchev–Trinajstić information content (AvgIpc) is 2.50. The molecule has 124 valence electrons. The lowest BCUT2D eigenvalue weighted by atomic mass is 10.1. The van der Waals surface area contributed by atoms with Crippen LogP contribution < -0.4 is 0 Å². The maximum absolute atomic E-state index is 11.6. The van der Waals surface area contributed by atoms with Crippen LogP contribution in [0.5, 0.6) is 0 Å². The lowest BCUT2D eigenvalue weighted by molar-refractivity contribution is -0.137. The fourth-order valence-corrected chi connectivity index (χ4v) is 1.87. The molecule has 0 saturated heterocycles. The van der Waals surface area contributed by atoms with Crippen LogP contribution >= 0.6 is 0 Å². The van der Waals surface area contributed by atoms with Crippen molar-refractivity contribution < 1.29 is 19.4 Å². The molecule has 0 saturated carbocycles. The maximum atomic E-state index is 11.6. The van der Waals surface area contributed by atoms with Crippen LogP contribution in [0.4, 0.5) is 0 Å². The first-order chi connectivity index (χ1) is 10.6. The van der Waals surface area contributed by atoms with E-state index < -0.39 is 5.97 Å². The van der Waals surface area contributed by atoms with Crippen molar-refractivity contribution in [3.05, 3.63) is 36.5 Å². The van der Waals surface area contributed by atoms with E-state index in [0.29, 0.717) is 12.8 Å². The van der Waals surface area contributed by atoms with Crippen LogP contribution in [0.2, 0.25) is 0 Å². The molecule has 0 spiro atoms. The van der Waals surface area contributed by atoms with Gasteiger partial charge in [0.05, 0.1) is 6.10 Å². The van der Waals surface area contributed by atoms with Crippen molar-refractivity contribution in [3.63, 3.8) is 0 Å². The SMILES string of the molecule is CCC(C=CC=CC=CC(=O)CCCCCCC(=O)O)OC. The summed E-state index contributed by atoms with van der Waals surface area (Å²) in [5.41, 5.74) is 0. The third-order valence-electron chi connectivity index (χ3n) is 3.21. The van der Waals surface area contributed by atoms with Crippen LogP contribution in [0.1, 0.15) is 51.9 Å². The Morgan fingerprint density at radius 2 is 1.64 bits per heavy atom. The zero-order chi connectivity index (χ0) is 16.6. The molecular formula is C18H28O4. The Hall–Kier alpha value is -1.68. The first kappa shape index (κ1) is 20.3. The number of ether oxygens (including phenoxy) is 1. The zero-order valence-corrected chi connectivity index (χ0v) is 13.7. The highest BCUT2D eigenvalue weighted by atomic mass is 16.5. The van der Waals surface area contributed by atoms with Crippen molar-refractivity contribution in [2.45, 2.75) is 58.0 Å². The van der Waals surface area contributed by atoms with Gasteiger partial charge in [-0.3, -0.25) is 9.59 Å². The number of carbonyl (C=O) groups excluding carboxylic acids is 1. The molecule has 1 unspecified atom stereocenters. The summed E-state index contributed by atoms with van der Waals surface area (Å²) in [5, 5.41) is 8.49. The normalized spacial score (nSPS) is 13.4. The quantitative estimate of drug-likeness (QED) is 0.316. The second-order valence-electron chi connectivity index (χ2n) is 5.09. The predicted octanol–water partition coefficient (Wildman–Crippen LogP) is 4.07. The fraction of sp³-hybridized carbons (Fsp3) is 0.556. The molecule has 1 N–H and O–H groups in total. The van der Waals surface area contributed by atoms with Crippen LogP contribution in [0.25, 0.3) is 0 Å². The van der Waals surface area contributed by atoms with Gasteiger partial charge in [0.1, 0.15) is 0 Å². The first-order valence-electron chi connectivity index (χ1n) is 7.89. The average molecular weight is 308 g/mol. The molecule has 0 amide bonds. The summed E-state index contributed by atoms with van der Waals surface area (Å²) >= 11 is 0. The van der Waals surface area contributed by atoms with Gasteiger partial charge in [-0.05, 0) is 25.3 Å². The molecule has 0 aromatic heterocycles. The van der Waals surface area contributed by atoms with E-state index in [-0.39, 0.29) is 18.3 Å². The molecule has 0 aliphatic rings. The Morgan fingerprint density at radius 1 is 1.00 bits per heavy atom. The molecule has 0 bridgehead atoms. The Kier molecular flexibility index (Phi) is 13.2. The van der Waals surface area contributed by atoms with Gasteiger partial charge < -0.3 is 9.84 Å². The molecule has 0 aromatic carbocycles. The summed E-state index contributed by atoms with van der Waals surface area (Å²) < 4.78 is 5.20. The summed E-state index contributed by atoms with van der Waals surface area (Å²) in [6.07, 6.45) is 16.0. The fourth-order valence-electron chi connectivity index (χ4n) is 1.87. The van der Waals surface area contributed by atoms with Gasteiger partial charge >= 0.3 is 5.97 Å². The van der Waals surface area contributed by atoms with Crippen LogP contribution in [0, 0.1) is 0 Å². The van der Waals surface area contributed by atoms with E-state index in [9.17, 15) is 9.59 Å². The third-order valence-corrected chi connectivity index (χ3v) is 3.21. The van der Waals surface area contributed by atoms with Gasteiger partial charge in [-0.15, -0.1) is 0 Å². The van der Waals surface area contributed by atoms with Gasteiger partial charge in [0.15, 0.2) is 5.78 Å². The number of methoxy groups -OCH3 is 1. The zero-order valence-electron chi connectivity index (χ0n) is 13.7. The molecular weight excluding hydrogens is 280 g/mol. The predicted molar refractivity (Wildman–Crippen MR) is 88.9 cm³/mol. The summed E-state index contributed by atoms with van der Waals surface area (Å²) in [6.45, 7) is 2.06. The third kappa shape index (κ3) is 13.3. The Balaban J connectivity index is 3.72. The number of ketones is 1. The molecule has 0 radical (unpaired) electrons. The van der Waals surface area contributed by atoms with Crippen LogP contribution in [0.3, 0.4) is 0 Å². The van der Waals surface area contributed by atoms with E-state index in [1.54, 1.807) is 19.3 Å². The Bertz CT molecular complexity index is 390. The number of unbranched alkanes of at least 4 members (excludes halogenated alkanes) is 3. The van der Waals surface area contributed by atoms with E-state index in [4.69, 9.17) is 9.84 Å². The number of allylic oxidation sites excluding steroid dienone is 5. The molecule has 0 aliphatic heterocycles. The standard InChI is InChI=1S/C18H28O4/c1-3-17(22-2)14-10-6-4-8-12-16(19)13-9-5-7-11-15-18(20)21/h4,6,8,10,12,14,17H,3,5,7,9,11,13,15H2,1-2H3,(H,20,21). The number of carboxylic acid groups (broad SMARTS) is 1. The number of rotatable bonds is 13. The molecule has 4 nitrogen and oxygen atoms in total. The second-order valence-corrected chi connectivity index (χ2v) is 5.09. The van der Waals surface area contributed by atoms with Crippen molar-refractivity contribution in [2.75, 3.05) is 7.11 Å². The topological polar surface area (TPSA) is 63.6 Å². The molecule has 0 rings (SSSR count). The van der Waals surface area contributed by atoms with E-state index in [0.717, 1.165) is 25.7 Å². The second kappa shape index (κ2) is 14.3. The highest BCUT2D eigenvalue weighted by Crippen LogP contribution is 2.06. The largest absolute Gasteiger partial charge is 0.481 e. The van der Waals surface area contributed by atoms with Gasteiger partial charge in [0.25, 0.3) is 0 Å². The summed E-state index contributed by atoms with van der Waals surface area (Å²) in [5.74, 6) is -0.647. The number of carbonyl (C=O) groups is 2. The van der Waals surface area contributed by atoms with E-state index >= 15 is 0 Å². The highest BCUT2D eigenvalue weighted by molar-refractivity contribution is 5.89. The van der Waals surface area contributed by atoms with E-state index in [1.165, 1.54) is 0 Å². The monoisotopic (exact) mass is 308 g/mol. The smallest absolute Gasteiger partial charge is 0.303 e. The molecule has 0 heterocycles. The number of aliphatic carboxylic acids is 1. The lowest BCUT2D eigenvalue weighted by Gasteiger charge is -2.04. The number of hydrogen-bond donors (Lipinski definition) is 1. The van der Waals surface area contributed by atoms with Gasteiger partial charge in [-0.2, -0.15) is 0 Å². The van der Waals surface area contributed by atoms with Crippen molar-refractivity contribution in [3.8, 4) is 0 Å². The minimum Gasteiger partial charge on any atom is -0.481 e. The molecule has 4 heteroatoms. The first-order valence-corrected chi connectivity index (χ1v) is 7.89. The van der Waals surface area contributed by atoms with Crippen molar-refractivity contribution in [2.24, 2.45) is 0 Å². The Morgan fingerprint density at radius 3 is 2.23 bits per heavy atom. The van der Waals surface area contributed by atoms with Gasteiger partial charge in [0, 0.05) is 20.0 Å². The van der Waals surface area contributed by atoms with Crippen LogP contribution in [0.15, 0.2) is 36.5 Å². The lowest BCUT2D eigenvalue weighted by Crippen LogP contribution is -2.03. The molecule has 0 aromatic rings. The van der Waals surface area contributed by atoms with Crippen molar-refractivity contribution in [1.82, 2.24) is 0 Å². The molecule has 0 fully saturated rings. The van der Waals surface area contributed by atoms with Crippen LogP contribution in [-0.4, -0.2) is 30.1 Å². The maximum Gasteiger partial charge on any atom is 0.303 e. The summed E-state index contributed by atoms with van der Waals surface area (Å²) in [7, 11) is 1.68. The number of hydrogen-bond acceptors (Lipinski definition) is 3. The van der Waals surface area contributed by atoms with Crippen molar-refractivity contribution in [1.29, 1.82) is 0 Å². The van der Waals surface area contributed by atoms with Gasteiger partial charge in [-0.1, -0.05) is 50.1 Å². The minimum atomic E-state index is -0.754. The molecule has 0 aliphatic carbocycles. The van der Waals surface area contributed by atoms with E-state index in [1.807, 2.05) is 24.3 Å². The van der Waals surface area contributed by atoms with Gasteiger partial charge in [-0.25, -0.2) is 0 Å². The number of carboxylic acids is 1. The summed E-state index contributed by atoms with van der Waals surface area (Å²) in [4.78, 5) is 21.9. The van der Waals surface area contributed by atoms with Crippen molar-refractivity contribution >= 4 is 11.8 Å². The summed E-state index contributed by atoms with van der Waals surface area (Å²) in [6, 6.07) is 0. The van der Waals surface area contributed by atoms with E-state index in [2.05, 4.69) is 6.92 Å². The van der Waals surface area contributed by atoms with Crippen LogP contribution in [-0.2, 0) is 14.3 Å². The highest BCUT2D eigenvalue weighted by Gasteiger charge is 1.99. The minimum absolute atomic E-state index is 0.107. The van der Waals surface area contributed by atoms with Gasteiger partial charge in [0.2, 0.25) is 0 Å². The molecule has 22 heavy (non-hydrogen) atoms.